The molecule has 1 heterocycles. The van der Waals surface area contributed by atoms with Gasteiger partial charge in [-0.1, -0.05) is 123 Å². The highest BCUT2D eigenvalue weighted by atomic mass is 127. The van der Waals surface area contributed by atoms with E-state index in [-0.39, 0.29) is 73.8 Å². The number of carbonyl (C=O) groups is 7. The Hall–Kier alpha value is -5.40. The molecule has 1 aliphatic heterocycles. The smallest absolute Gasteiger partial charge is 0.307 e. The molecule has 69 heavy (non-hydrogen) atoms. The summed E-state index contributed by atoms with van der Waals surface area (Å²) in [6.07, 6.45) is 0.607. The Bertz CT molecular complexity index is 2120. The highest BCUT2D eigenvalue weighted by molar-refractivity contribution is 14.1. The summed E-state index contributed by atoms with van der Waals surface area (Å²) >= 11 is 1.95. The van der Waals surface area contributed by atoms with Gasteiger partial charge in [-0.25, -0.2) is 0 Å². The number of alkyl halides is 1. The minimum Gasteiger partial charge on any atom is -0.497 e. The lowest BCUT2D eigenvalue weighted by Gasteiger charge is -2.32. The number of halogens is 1. The molecule has 0 spiro atoms. The van der Waals surface area contributed by atoms with Gasteiger partial charge in [-0.3, -0.25) is 38.5 Å². The number of hydrogen-bond donors (Lipinski definition) is 4. The number of rotatable bonds is 28. The molecule has 0 aromatic heterocycles. The Labute approximate surface area is 420 Å². The fourth-order valence-electron chi connectivity index (χ4n) is 7.68. The van der Waals surface area contributed by atoms with Crippen LogP contribution in [0.2, 0.25) is 0 Å². The molecule has 0 saturated carbocycles. The number of nitrogens with one attached hydrogen (secondary N) is 4. The number of carbonyl (C=O) groups excluding carboxylic acids is 7. The number of amides is 4. The fraction of sp³-hybridized carbons (Fsp3) is 0.519. The molecule has 4 rings (SSSR count). The highest BCUT2D eigenvalue weighted by Crippen LogP contribution is 2.23. The fourth-order valence-corrected chi connectivity index (χ4v) is 8.22. The summed E-state index contributed by atoms with van der Waals surface area (Å²) in [7, 11) is 1.55. The van der Waals surface area contributed by atoms with Crippen LogP contribution in [0.3, 0.4) is 0 Å². The maximum Gasteiger partial charge on any atom is 0.307 e. The Morgan fingerprint density at radius 3 is 1.80 bits per heavy atom. The molecule has 3 aromatic rings. The first-order valence-corrected chi connectivity index (χ1v) is 25.2. The molecule has 0 radical (unpaired) electrons. The summed E-state index contributed by atoms with van der Waals surface area (Å²) in [5.41, 5.74) is 0.763. The predicted octanol–water partition coefficient (Wildman–Crippen LogP) is 5.06. The minimum absolute atomic E-state index is 0.00249. The van der Waals surface area contributed by atoms with Crippen molar-refractivity contribution in [2.24, 2.45) is 11.8 Å². The lowest BCUT2D eigenvalue weighted by Crippen LogP contribution is -2.60. The third-order valence-electron chi connectivity index (χ3n) is 11.5. The lowest BCUT2D eigenvalue weighted by atomic mass is 9.90. The third-order valence-corrected chi connectivity index (χ3v) is 12.9. The molecule has 0 aliphatic carbocycles. The van der Waals surface area contributed by atoms with Gasteiger partial charge < -0.3 is 40.2 Å². The normalized spacial score (nSPS) is 15.4. The second-order valence-corrected chi connectivity index (χ2v) is 19.1. The van der Waals surface area contributed by atoms with E-state index in [1.54, 1.807) is 31.4 Å². The van der Waals surface area contributed by atoms with Crippen molar-refractivity contribution in [3.05, 3.63) is 102 Å². The van der Waals surface area contributed by atoms with Crippen LogP contribution >= 0.6 is 22.6 Å². The molecule has 4 amide bonds. The first kappa shape index (κ1) is 56.2. The van der Waals surface area contributed by atoms with Crippen LogP contribution in [0.25, 0.3) is 0 Å². The highest BCUT2D eigenvalue weighted by Gasteiger charge is 2.42. The number of methoxy groups -OCH3 is 1. The Kier molecular flexibility index (Phi) is 23.6. The van der Waals surface area contributed by atoms with Crippen LogP contribution in [-0.4, -0.2) is 120 Å². The van der Waals surface area contributed by atoms with E-state index in [0.29, 0.717) is 38.5 Å². The van der Waals surface area contributed by atoms with E-state index in [1.807, 2.05) is 116 Å². The van der Waals surface area contributed by atoms with Crippen LogP contribution in [0.5, 0.6) is 5.75 Å². The number of aryl methyl sites for hydroxylation is 1. The molecule has 1 fully saturated rings. The van der Waals surface area contributed by atoms with Gasteiger partial charge in [-0.15, -0.1) is 0 Å². The number of ether oxygens (including phenoxy) is 4. The molecular weight excluding hydrogens is 997 g/mol. The van der Waals surface area contributed by atoms with Crippen molar-refractivity contribution in [1.29, 1.82) is 0 Å². The van der Waals surface area contributed by atoms with Crippen LogP contribution in [0.4, 0.5) is 0 Å². The Morgan fingerprint density at radius 2 is 1.20 bits per heavy atom. The monoisotopic (exact) mass is 1070 g/mol. The molecule has 376 valence electrons. The zero-order valence-electron chi connectivity index (χ0n) is 40.8. The summed E-state index contributed by atoms with van der Waals surface area (Å²) < 4.78 is 21.7. The standard InChI is InChI=1S/C52H70IN5O11/c1-35(2)29-42(48(62)52(5,34-53)69-47(61)24-23-46(60)68-33-39-17-20-40(66-6)21-18-39)55-51(65)44(31-38-15-11-8-12-16-38)57-50(64)43(30-36(3)4)56-49(63)41(22-19-37-13-9-7-10-14-37)54-45(59)32-58-25-27-67-28-26-58/h7-18,20-21,35-36,41-44H,19,22-34H2,1-6H3,(H,54,59)(H,55,65)(H,56,63)(H,57,64). The number of nitrogens with zero attached hydrogens (tertiary/aromatic N) is 1. The van der Waals surface area contributed by atoms with E-state index in [2.05, 4.69) is 21.3 Å². The van der Waals surface area contributed by atoms with Crippen LogP contribution in [0, 0.1) is 11.8 Å². The van der Waals surface area contributed by atoms with E-state index in [9.17, 15) is 33.6 Å². The molecule has 1 aliphatic rings. The summed E-state index contributed by atoms with van der Waals surface area (Å²) in [6, 6.07) is 21.3. The zero-order chi connectivity index (χ0) is 50.3. The second kappa shape index (κ2) is 28.9. The number of Topliss-reactive ketones (excluding diaryl/α,β-unsaturated/α-hetero) is 1. The molecule has 1 saturated heterocycles. The van der Waals surface area contributed by atoms with Crippen LogP contribution in [0.1, 0.15) is 83.4 Å². The van der Waals surface area contributed by atoms with Crippen molar-refractivity contribution in [2.45, 2.75) is 116 Å². The third kappa shape index (κ3) is 19.9. The average Bonchev–Trinajstić information content (AvgIpc) is 3.33. The SMILES string of the molecule is COc1ccc(COC(=O)CCC(=O)OC(C)(CI)C(=O)C(CC(C)C)NC(=O)C(Cc2ccccc2)NC(=O)C(CC(C)C)NC(=O)C(CCc2ccccc2)NC(=O)CN2CCOCC2)cc1. The van der Waals surface area contributed by atoms with E-state index in [0.717, 1.165) is 16.7 Å². The topological polar surface area (TPSA) is 208 Å². The van der Waals surface area contributed by atoms with Gasteiger partial charge in [0.25, 0.3) is 0 Å². The minimum atomic E-state index is -1.68. The van der Waals surface area contributed by atoms with Gasteiger partial charge in [-0.2, -0.15) is 0 Å². The van der Waals surface area contributed by atoms with Gasteiger partial charge in [0.1, 0.15) is 30.5 Å². The van der Waals surface area contributed by atoms with Crippen LogP contribution in [-0.2, 0) is 67.2 Å². The van der Waals surface area contributed by atoms with Crippen molar-refractivity contribution in [3.63, 3.8) is 0 Å². The van der Waals surface area contributed by atoms with Gasteiger partial charge in [0, 0.05) is 23.9 Å². The molecule has 17 heteroatoms. The Morgan fingerprint density at radius 1 is 0.667 bits per heavy atom. The van der Waals surface area contributed by atoms with E-state index in [4.69, 9.17) is 18.9 Å². The summed E-state index contributed by atoms with van der Waals surface area (Å²) in [5.74, 6) is -3.59. The van der Waals surface area contributed by atoms with Gasteiger partial charge in [0.2, 0.25) is 23.6 Å². The van der Waals surface area contributed by atoms with Crippen molar-refractivity contribution in [2.75, 3.05) is 44.4 Å². The largest absolute Gasteiger partial charge is 0.497 e. The van der Waals surface area contributed by atoms with E-state index >= 15 is 0 Å². The van der Waals surface area contributed by atoms with E-state index < -0.39 is 65.2 Å². The molecule has 5 atom stereocenters. The Balaban J connectivity index is 1.49. The number of ketones is 1. The lowest BCUT2D eigenvalue weighted by molar-refractivity contribution is -0.165. The van der Waals surface area contributed by atoms with Crippen LogP contribution in [0.15, 0.2) is 84.9 Å². The van der Waals surface area contributed by atoms with Gasteiger partial charge in [0.15, 0.2) is 11.4 Å². The van der Waals surface area contributed by atoms with E-state index in [1.165, 1.54) is 6.92 Å². The molecular formula is C52H70IN5O11. The quantitative estimate of drug-likeness (QED) is 0.0428. The number of benzene rings is 3. The van der Waals surface area contributed by atoms with Crippen molar-refractivity contribution < 1.29 is 52.5 Å². The van der Waals surface area contributed by atoms with Crippen molar-refractivity contribution in [1.82, 2.24) is 26.2 Å². The summed E-state index contributed by atoms with van der Waals surface area (Å²) in [6.45, 7) is 11.4. The maximum atomic E-state index is 14.5. The molecule has 3 aromatic carbocycles. The maximum absolute atomic E-state index is 14.5. The molecule has 5 unspecified atom stereocenters. The molecule has 16 nitrogen and oxygen atoms in total. The van der Waals surface area contributed by atoms with Crippen molar-refractivity contribution >= 4 is 63.9 Å². The predicted molar refractivity (Wildman–Crippen MR) is 269 cm³/mol. The number of esters is 2. The molecule has 0 bridgehead atoms. The summed E-state index contributed by atoms with van der Waals surface area (Å²) in [4.78, 5) is 98.5. The average molecular weight is 1070 g/mol. The zero-order valence-corrected chi connectivity index (χ0v) is 42.9. The first-order valence-electron chi connectivity index (χ1n) is 23.7. The van der Waals surface area contributed by atoms with Gasteiger partial charge >= 0.3 is 11.9 Å². The van der Waals surface area contributed by atoms with Crippen molar-refractivity contribution in [3.8, 4) is 5.75 Å². The van der Waals surface area contributed by atoms with Gasteiger partial charge in [0.05, 0.1) is 45.8 Å². The van der Waals surface area contributed by atoms with Gasteiger partial charge in [-0.05, 0) is 73.3 Å². The van der Waals surface area contributed by atoms with Crippen LogP contribution < -0.4 is 26.0 Å². The number of morpholine rings is 1. The second-order valence-electron chi connectivity index (χ2n) is 18.4. The number of hydrogen-bond acceptors (Lipinski definition) is 12. The summed E-state index contributed by atoms with van der Waals surface area (Å²) in [5, 5.41) is 11.6. The molecule has 4 N–H and O–H groups in total. The first-order chi connectivity index (χ1) is 33.0.